The van der Waals surface area contributed by atoms with Gasteiger partial charge in [0.15, 0.2) is 5.78 Å². The summed E-state index contributed by atoms with van der Waals surface area (Å²) in [5.41, 5.74) is 0.919. The molecule has 0 amide bonds. The van der Waals surface area contributed by atoms with Gasteiger partial charge in [0.05, 0.1) is 12.2 Å². The lowest BCUT2D eigenvalue weighted by Crippen LogP contribution is -2.08. The molecule has 1 aromatic carbocycles. The van der Waals surface area contributed by atoms with Crippen molar-refractivity contribution in [1.82, 2.24) is 0 Å². The van der Waals surface area contributed by atoms with Crippen molar-refractivity contribution in [3.05, 3.63) is 35.4 Å². The minimum Gasteiger partial charge on any atom is -0.460 e. The first kappa shape index (κ1) is 11.4. The topological polar surface area (TPSA) is 63.6 Å². The number of hydrogen-bond donors (Lipinski definition) is 1. The zero-order valence-corrected chi connectivity index (χ0v) is 8.40. The highest BCUT2D eigenvalue weighted by Gasteiger charge is 2.07. The van der Waals surface area contributed by atoms with E-state index in [1.807, 2.05) is 0 Å². The third-order valence-corrected chi connectivity index (χ3v) is 1.85. The van der Waals surface area contributed by atoms with Crippen molar-refractivity contribution in [2.24, 2.45) is 0 Å². The van der Waals surface area contributed by atoms with Crippen LogP contribution < -0.4 is 0 Å². The second-order valence-electron chi connectivity index (χ2n) is 2.99. The van der Waals surface area contributed by atoms with Crippen molar-refractivity contribution in [3.8, 4) is 0 Å². The molecule has 0 aromatic heterocycles. The molecule has 80 valence electrons. The summed E-state index contributed by atoms with van der Waals surface area (Å²) in [5, 5.41) is 8.46. The molecule has 0 bridgehead atoms. The number of benzene rings is 1. The predicted octanol–water partition coefficient (Wildman–Crippen LogP) is 1.04. The van der Waals surface area contributed by atoms with E-state index in [0.29, 0.717) is 11.1 Å². The molecule has 0 atom stereocenters. The number of esters is 1. The molecule has 0 aliphatic rings. The highest BCUT2D eigenvalue weighted by molar-refractivity contribution is 5.96. The summed E-state index contributed by atoms with van der Waals surface area (Å²) >= 11 is 0. The molecule has 0 saturated heterocycles. The number of aliphatic hydroxyl groups is 1. The van der Waals surface area contributed by atoms with E-state index in [-0.39, 0.29) is 19.0 Å². The summed E-state index contributed by atoms with van der Waals surface area (Å²) in [6, 6.07) is 6.18. The molecular weight excluding hydrogens is 196 g/mol. The van der Waals surface area contributed by atoms with Crippen LogP contribution in [0.5, 0.6) is 0 Å². The Balaban J connectivity index is 2.71. The monoisotopic (exact) mass is 208 g/mol. The van der Waals surface area contributed by atoms with Gasteiger partial charge in [-0.05, 0) is 19.1 Å². The van der Waals surface area contributed by atoms with Crippen molar-refractivity contribution in [2.45, 2.75) is 6.92 Å². The molecule has 1 aromatic rings. The lowest BCUT2D eigenvalue weighted by atomic mass is 10.1. The second-order valence-corrected chi connectivity index (χ2v) is 2.99. The first-order valence-corrected chi connectivity index (χ1v) is 4.54. The van der Waals surface area contributed by atoms with Gasteiger partial charge in [0.2, 0.25) is 0 Å². The van der Waals surface area contributed by atoms with Crippen molar-refractivity contribution in [1.29, 1.82) is 0 Å². The average molecular weight is 208 g/mol. The highest BCUT2D eigenvalue weighted by Crippen LogP contribution is 2.06. The minimum atomic E-state index is -0.501. The van der Waals surface area contributed by atoms with E-state index in [2.05, 4.69) is 0 Å². The summed E-state index contributed by atoms with van der Waals surface area (Å²) in [6.45, 7) is 1.24. The SMILES string of the molecule is CC(=O)c1ccc(C(=O)OCCO)cc1. The van der Waals surface area contributed by atoms with Crippen molar-refractivity contribution >= 4 is 11.8 Å². The van der Waals surface area contributed by atoms with Crippen LogP contribution in [0.25, 0.3) is 0 Å². The van der Waals surface area contributed by atoms with Gasteiger partial charge in [-0.3, -0.25) is 4.79 Å². The Morgan fingerprint density at radius 3 is 2.20 bits per heavy atom. The van der Waals surface area contributed by atoms with Crippen molar-refractivity contribution < 1.29 is 19.4 Å². The fraction of sp³-hybridized carbons (Fsp3) is 0.273. The Bertz CT molecular complexity index is 353. The van der Waals surface area contributed by atoms with E-state index in [0.717, 1.165) is 0 Å². The maximum absolute atomic E-state index is 11.3. The number of hydrogen-bond acceptors (Lipinski definition) is 4. The lowest BCUT2D eigenvalue weighted by Gasteiger charge is -2.02. The van der Waals surface area contributed by atoms with Crippen LogP contribution in [0.4, 0.5) is 0 Å². The van der Waals surface area contributed by atoms with Gasteiger partial charge in [0.25, 0.3) is 0 Å². The van der Waals surface area contributed by atoms with Crippen LogP contribution in [0, 0.1) is 0 Å². The fourth-order valence-corrected chi connectivity index (χ4v) is 1.06. The molecule has 0 radical (unpaired) electrons. The van der Waals surface area contributed by atoms with Crippen LogP contribution in [-0.4, -0.2) is 30.1 Å². The Labute approximate surface area is 87.5 Å². The van der Waals surface area contributed by atoms with E-state index in [9.17, 15) is 9.59 Å². The molecule has 0 saturated carbocycles. The van der Waals surface area contributed by atoms with Crippen molar-refractivity contribution in [3.63, 3.8) is 0 Å². The van der Waals surface area contributed by atoms with E-state index < -0.39 is 5.97 Å². The number of carbonyl (C=O) groups excluding carboxylic acids is 2. The third kappa shape index (κ3) is 3.18. The Hall–Kier alpha value is -1.68. The Kier molecular flexibility index (Phi) is 4.00. The highest BCUT2D eigenvalue weighted by atomic mass is 16.5. The summed E-state index contributed by atoms with van der Waals surface area (Å²) in [6.07, 6.45) is 0. The van der Waals surface area contributed by atoms with E-state index in [1.165, 1.54) is 19.1 Å². The molecule has 0 unspecified atom stereocenters. The second kappa shape index (κ2) is 5.26. The quantitative estimate of drug-likeness (QED) is 0.593. The van der Waals surface area contributed by atoms with Gasteiger partial charge in [-0.2, -0.15) is 0 Å². The summed E-state index contributed by atoms with van der Waals surface area (Å²) in [7, 11) is 0. The van der Waals surface area contributed by atoms with Crippen LogP contribution in [0.3, 0.4) is 0 Å². The zero-order chi connectivity index (χ0) is 11.3. The first-order chi connectivity index (χ1) is 7.15. The minimum absolute atomic E-state index is 0.0205. The molecule has 1 rings (SSSR count). The summed E-state index contributed by atoms with van der Waals surface area (Å²) in [4.78, 5) is 22.2. The molecule has 1 N–H and O–H groups in total. The van der Waals surface area contributed by atoms with Crippen LogP contribution in [0.2, 0.25) is 0 Å². The number of rotatable bonds is 4. The van der Waals surface area contributed by atoms with Crippen molar-refractivity contribution in [2.75, 3.05) is 13.2 Å². The molecule has 0 spiro atoms. The standard InChI is InChI=1S/C11H12O4/c1-8(13)9-2-4-10(5-3-9)11(14)15-7-6-12/h2-5,12H,6-7H2,1H3. The number of ether oxygens (including phenoxy) is 1. The fourth-order valence-electron chi connectivity index (χ4n) is 1.06. The first-order valence-electron chi connectivity index (χ1n) is 4.54. The summed E-state index contributed by atoms with van der Waals surface area (Å²) in [5.74, 6) is -0.551. The normalized spacial score (nSPS) is 9.73. The lowest BCUT2D eigenvalue weighted by molar-refractivity contribution is 0.0433. The molecule has 15 heavy (non-hydrogen) atoms. The van der Waals surface area contributed by atoms with Gasteiger partial charge in [-0.1, -0.05) is 12.1 Å². The largest absolute Gasteiger partial charge is 0.460 e. The number of aliphatic hydroxyl groups excluding tert-OH is 1. The molecule has 0 aliphatic heterocycles. The van der Waals surface area contributed by atoms with E-state index in [4.69, 9.17) is 9.84 Å². The van der Waals surface area contributed by atoms with Gasteiger partial charge in [-0.25, -0.2) is 4.79 Å². The maximum Gasteiger partial charge on any atom is 0.338 e. The molecule has 4 nitrogen and oxygen atoms in total. The molecule has 4 heteroatoms. The van der Waals surface area contributed by atoms with Gasteiger partial charge >= 0.3 is 5.97 Å². The Morgan fingerprint density at radius 2 is 1.73 bits per heavy atom. The summed E-state index contributed by atoms with van der Waals surface area (Å²) < 4.78 is 4.70. The Morgan fingerprint density at radius 1 is 1.20 bits per heavy atom. The van der Waals surface area contributed by atoms with Crippen LogP contribution in [-0.2, 0) is 4.74 Å². The predicted molar refractivity (Wildman–Crippen MR) is 53.8 cm³/mol. The number of Topliss-reactive ketones (excluding diaryl/α,β-unsaturated/α-hetero) is 1. The van der Waals surface area contributed by atoms with E-state index in [1.54, 1.807) is 12.1 Å². The molecule has 0 heterocycles. The third-order valence-electron chi connectivity index (χ3n) is 1.85. The number of carbonyl (C=O) groups is 2. The maximum atomic E-state index is 11.3. The average Bonchev–Trinajstić information content (AvgIpc) is 2.26. The van der Waals surface area contributed by atoms with Gasteiger partial charge in [0.1, 0.15) is 6.61 Å². The molecule has 0 aliphatic carbocycles. The zero-order valence-electron chi connectivity index (χ0n) is 8.40. The van der Waals surface area contributed by atoms with Crippen LogP contribution in [0.15, 0.2) is 24.3 Å². The smallest absolute Gasteiger partial charge is 0.338 e. The van der Waals surface area contributed by atoms with E-state index >= 15 is 0 Å². The van der Waals surface area contributed by atoms with Crippen LogP contribution in [0.1, 0.15) is 27.6 Å². The van der Waals surface area contributed by atoms with Gasteiger partial charge in [-0.15, -0.1) is 0 Å². The molecular formula is C11H12O4. The van der Waals surface area contributed by atoms with Gasteiger partial charge in [0, 0.05) is 5.56 Å². The van der Waals surface area contributed by atoms with Crippen LogP contribution >= 0.6 is 0 Å². The van der Waals surface area contributed by atoms with Gasteiger partial charge < -0.3 is 9.84 Å². The molecule has 0 fully saturated rings. The number of ketones is 1.